The van der Waals surface area contributed by atoms with Gasteiger partial charge in [-0.1, -0.05) is 0 Å². The number of benzene rings is 1. The summed E-state index contributed by atoms with van der Waals surface area (Å²) in [4.78, 5) is 49.5. The van der Waals surface area contributed by atoms with E-state index >= 15 is 0 Å². The molecule has 160 valence electrons. The summed E-state index contributed by atoms with van der Waals surface area (Å²) >= 11 is 0. The Labute approximate surface area is 172 Å². The Morgan fingerprint density at radius 2 is 2.00 bits per heavy atom. The molecule has 0 radical (unpaired) electrons. The molecule has 1 aromatic carbocycles. The molecule has 0 saturated carbocycles. The first-order valence-corrected chi connectivity index (χ1v) is 9.59. The topological polar surface area (TPSA) is 126 Å². The van der Waals surface area contributed by atoms with Gasteiger partial charge in [-0.3, -0.25) is 14.4 Å². The van der Waals surface area contributed by atoms with Crippen molar-refractivity contribution in [3.8, 4) is 0 Å². The number of carboxylic acid groups (broad SMARTS) is 1. The molecule has 3 rings (SSSR count). The summed E-state index contributed by atoms with van der Waals surface area (Å²) in [5.41, 5.74) is -0.418. The summed E-state index contributed by atoms with van der Waals surface area (Å²) in [5.74, 6) is -1.56. The first-order valence-electron chi connectivity index (χ1n) is 9.59. The molecule has 0 bridgehead atoms. The lowest BCUT2D eigenvalue weighted by Gasteiger charge is -2.19. The minimum absolute atomic E-state index is 0.0227. The van der Waals surface area contributed by atoms with Gasteiger partial charge in [-0.2, -0.15) is 0 Å². The molecule has 2 heterocycles. The van der Waals surface area contributed by atoms with Gasteiger partial charge in [0.1, 0.15) is 16.9 Å². The number of carbonyl (C=O) groups is 3. The lowest BCUT2D eigenvalue weighted by Crippen LogP contribution is -2.32. The van der Waals surface area contributed by atoms with Crippen molar-refractivity contribution in [1.82, 2.24) is 10.2 Å². The van der Waals surface area contributed by atoms with Gasteiger partial charge in [-0.15, -0.1) is 0 Å². The van der Waals surface area contributed by atoms with Crippen molar-refractivity contribution < 1.29 is 28.6 Å². The van der Waals surface area contributed by atoms with Crippen LogP contribution in [-0.2, 0) is 16.1 Å². The lowest BCUT2D eigenvalue weighted by molar-refractivity contribution is -0.141. The predicted molar refractivity (Wildman–Crippen MR) is 107 cm³/mol. The Bertz CT molecular complexity index is 1050. The van der Waals surface area contributed by atoms with Crippen LogP contribution in [0, 0.1) is 5.92 Å². The lowest BCUT2D eigenvalue weighted by atomic mass is 10.1. The number of amides is 2. The number of hydrogen-bond acceptors (Lipinski definition) is 6. The minimum atomic E-state index is -0.919. The van der Waals surface area contributed by atoms with Gasteiger partial charge in [-0.25, -0.2) is 4.79 Å². The van der Waals surface area contributed by atoms with E-state index in [1.165, 1.54) is 29.2 Å². The Morgan fingerprint density at radius 3 is 2.63 bits per heavy atom. The maximum Gasteiger partial charge on any atom is 0.408 e. The highest BCUT2D eigenvalue weighted by atomic mass is 16.6. The van der Waals surface area contributed by atoms with E-state index in [0.717, 1.165) is 0 Å². The van der Waals surface area contributed by atoms with E-state index in [4.69, 9.17) is 14.3 Å². The summed E-state index contributed by atoms with van der Waals surface area (Å²) in [6.07, 6.45) is -0.221. The number of hydrogen-bond donors (Lipinski definition) is 2. The molecule has 0 aliphatic carbocycles. The van der Waals surface area contributed by atoms with Crippen LogP contribution in [0.4, 0.5) is 4.79 Å². The normalized spacial score (nSPS) is 16.5. The van der Waals surface area contributed by atoms with Crippen LogP contribution in [0.15, 0.2) is 33.5 Å². The van der Waals surface area contributed by atoms with Crippen LogP contribution in [-0.4, -0.2) is 46.7 Å². The second kappa shape index (κ2) is 8.17. The van der Waals surface area contributed by atoms with Gasteiger partial charge in [0.15, 0.2) is 5.43 Å². The average molecular weight is 416 g/mol. The van der Waals surface area contributed by atoms with Gasteiger partial charge in [0.05, 0.1) is 17.8 Å². The summed E-state index contributed by atoms with van der Waals surface area (Å²) < 4.78 is 10.8. The number of carboxylic acids is 1. The molecule has 9 nitrogen and oxygen atoms in total. The molecule has 1 saturated heterocycles. The van der Waals surface area contributed by atoms with Gasteiger partial charge < -0.3 is 24.5 Å². The van der Waals surface area contributed by atoms with Crippen molar-refractivity contribution in [2.45, 2.75) is 39.3 Å². The Morgan fingerprint density at radius 1 is 1.27 bits per heavy atom. The Hall–Kier alpha value is -3.36. The molecule has 1 unspecified atom stereocenters. The van der Waals surface area contributed by atoms with Crippen molar-refractivity contribution in [3.05, 3.63) is 45.8 Å². The standard InChI is InChI=1S/C21H24N2O7/c1-21(2,3)30-20(28)22-10-14-9-16(24)15-8-12(4-5-17(15)29-14)18(25)23-7-6-13(11-23)19(26)27/h4-5,8-9,13H,6-7,10-11H2,1-3H3,(H,22,28)(H,26,27). The first-order chi connectivity index (χ1) is 14.0. The third-order valence-corrected chi connectivity index (χ3v) is 4.66. The highest BCUT2D eigenvalue weighted by molar-refractivity contribution is 5.98. The molecule has 1 fully saturated rings. The number of nitrogens with zero attached hydrogens (tertiary/aromatic N) is 1. The van der Waals surface area contributed by atoms with Crippen LogP contribution < -0.4 is 10.7 Å². The monoisotopic (exact) mass is 416 g/mol. The molecule has 0 spiro atoms. The van der Waals surface area contributed by atoms with Gasteiger partial charge in [0, 0.05) is 24.7 Å². The number of aliphatic carboxylic acids is 1. The molecule has 1 aromatic heterocycles. The van der Waals surface area contributed by atoms with Crippen molar-refractivity contribution in [3.63, 3.8) is 0 Å². The summed E-state index contributed by atoms with van der Waals surface area (Å²) in [5, 5.41) is 11.9. The van der Waals surface area contributed by atoms with E-state index < -0.39 is 23.6 Å². The number of carbonyl (C=O) groups excluding carboxylic acids is 2. The molecular formula is C21H24N2O7. The number of alkyl carbamates (subject to hydrolysis) is 1. The van der Waals surface area contributed by atoms with E-state index in [1.54, 1.807) is 20.8 Å². The summed E-state index contributed by atoms with van der Waals surface area (Å²) in [6.45, 7) is 5.71. The number of rotatable bonds is 4. The first kappa shape index (κ1) is 21.4. The van der Waals surface area contributed by atoms with Gasteiger partial charge in [-0.05, 0) is 45.4 Å². The molecule has 9 heteroatoms. The Balaban J connectivity index is 1.75. The second-order valence-electron chi connectivity index (χ2n) is 8.22. The van der Waals surface area contributed by atoms with E-state index in [2.05, 4.69) is 5.32 Å². The number of ether oxygens (including phenoxy) is 1. The van der Waals surface area contributed by atoms with Crippen LogP contribution in [0.5, 0.6) is 0 Å². The average Bonchev–Trinajstić information content (AvgIpc) is 3.15. The molecule has 2 amide bonds. The third kappa shape index (κ3) is 4.97. The van der Waals surface area contributed by atoms with Crippen molar-refractivity contribution in [2.75, 3.05) is 13.1 Å². The van der Waals surface area contributed by atoms with Crippen LogP contribution >= 0.6 is 0 Å². The molecule has 2 aromatic rings. The van der Waals surface area contributed by atoms with Gasteiger partial charge in [0.2, 0.25) is 0 Å². The smallest absolute Gasteiger partial charge is 0.408 e. The van der Waals surface area contributed by atoms with E-state index in [0.29, 0.717) is 18.5 Å². The van der Waals surface area contributed by atoms with Crippen LogP contribution in [0.25, 0.3) is 11.0 Å². The predicted octanol–water partition coefficient (Wildman–Crippen LogP) is 2.36. The van der Waals surface area contributed by atoms with Crippen molar-refractivity contribution in [2.24, 2.45) is 5.92 Å². The van der Waals surface area contributed by atoms with Crippen molar-refractivity contribution >= 4 is 28.9 Å². The zero-order chi connectivity index (χ0) is 22.1. The molecular weight excluding hydrogens is 392 g/mol. The molecule has 2 N–H and O–H groups in total. The third-order valence-electron chi connectivity index (χ3n) is 4.66. The molecule has 1 atom stereocenters. The number of likely N-dealkylation sites (tertiary alicyclic amines) is 1. The van der Waals surface area contributed by atoms with Gasteiger partial charge in [0.25, 0.3) is 5.91 Å². The molecule has 30 heavy (non-hydrogen) atoms. The highest BCUT2D eigenvalue weighted by Crippen LogP contribution is 2.21. The molecule has 1 aliphatic heterocycles. The summed E-state index contributed by atoms with van der Waals surface area (Å²) in [6, 6.07) is 5.76. The highest BCUT2D eigenvalue weighted by Gasteiger charge is 2.31. The maximum absolute atomic E-state index is 12.7. The maximum atomic E-state index is 12.7. The number of nitrogens with one attached hydrogen (secondary N) is 1. The largest absolute Gasteiger partial charge is 0.481 e. The quantitative estimate of drug-likeness (QED) is 0.783. The van der Waals surface area contributed by atoms with E-state index in [1.807, 2.05) is 0 Å². The summed E-state index contributed by atoms with van der Waals surface area (Å²) in [7, 11) is 0. The zero-order valence-corrected chi connectivity index (χ0v) is 17.1. The fourth-order valence-electron chi connectivity index (χ4n) is 3.23. The second-order valence-corrected chi connectivity index (χ2v) is 8.22. The Kier molecular flexibility index (Phi) is 5.82. The SMILES string of the molecule is CC(C)(C)OC(=O)NCc1cc(=O)c2cc(C(=O)N3CCC(C(=O)O)C3)ccc2o1. The van der Waals surface area contributed by atoms with Crippen LogP contribution in [0.3, 0.4) is 0 Å². The molecule has 1 aliphatic rings. The fraction of sp³-hybridized carbons (Fsp3) is 0.429. The minimum Gasteiger partial charge on any atom is -0.481 e. The van der Waals surface area contributed by atoms with Gasteiger partial charge >= 0.3 is 12.1 Å². The van der Waals surface area contributed by atoms with Crippen LogP contribution in [0.2, 0.25) is 0 Å². The van der Waals surface area contributed by atoms with E-state index in [9.17, 15) is 19.2 Å². The fourth-order valence-corrected chi connectivity index (χ4v) is 3.23. The van der Waals surface area contributed by atoms with E-state index in [-0.39, 0.29) is 41.2 Å². The zero-order valence-electron chi connectivity index (χ0n) is 17.1. The van der Waals surface area contributed by atoms with Crippen molar-refractivity contribution in [1.29, 1.82) is 0 Å². The van der Waals surface area contributed by atoms with Crippen LogP contribution in [0.1, 0.15) is 43.3 Å². The number of fused-ring (bicyclic) bond motifs is 1.